The van der Waals surface area contributed by atoms with Crippen LogP contribution in [0.4, 0.5) is 0 Å². The van der Waals surface area contributed by atoms with Crippen LogP contribution in [0, 0.1) is 0 Å². The molecule has 0 saturated carbocycles. The van der Waals surface area contributed by atoms with Gasteiger partial charge in [-0.1, -0.05) is 0 Å². The number of fused-ring (bicyclic) bond motifs is 1. The number of amides is 1. The average Bonchev–Trinajstić information content (AvgIpc) is 3.47. The smallest absolute Gasteiger partial charge is 0.332 e. The molecule has 4 rings (SSSR count). The molecule has 3 aromatic rings. The van der Waals surface area contributed by atoms with E-state index in [9.17, 15) is 14.4 Å². The van der Waals surface area contributed by atoms with Crippen molar-refractivity contribution in [2.75, 3.05) is 19.6 Å². The van der Waals surface area contributed by atoms with Crippen molar-refractivity contribution in [3.05, 3.63) is 51.3 Å². The van der Waals surface area contributed by atoms with Crippen molar-refractivity contribution >= 4 is 17.1 Å². The minimum absolute atomic E-state index is 0.0235. The van der Waals surface area contributed by atoms with Gasteiger partial charge in [0.25, 0.3) is 5.56 Å². The number of carbonyl (C=O) groups excluding carboxylic acids is 1. The first kappa shape index (κ1) is 19.2. The Labute approximate surface area is 166 Å². The lowest BCUT2D eigenvalue weighted by Gasteiger charge is -2.26. The summed E-state index contributed by atoms with van der Waals surface area (Å²) in [7, 11) is 2.96. The number of likely N-dealkylation sites (tertiary alicyclic amines) is 1. The first-order valence-electron chi connectivity index (χ1n) is 9.62. The van der Waals surface area contributed by atoms with E-state index in [0.29, 0.717) is 6.54 Å². The zero-order valence-electron chi connectivity index (χ0n) is 16.5. The van der Waals surface area contributed by atoms with E-state index >= 15 is 0 Å². The maximum Gasteiger partial charge on any atom is 0.332 e. The van der Waals surface area contributed by atoms with Crippen LogP contribution in [0.5, 0.6) is 0 Å². The monoisotopic (exact) mass is 400 g/mol. The fourth-order valence-corrected chi connectivity index (χ4v) is 3.88. The maximum atomic E-state index is 12.6. The fraction of sp³-hybridized carbons (Fsp3) is 0.474. The first-order valence-corrected chi connectivity index (χ1v) is 9.62. The summed E-state index contributed by atoms with van der Waals surface area (Å²) < 4.78 is 9.36. The molecule has 1 aliphatic heterocycles. The molecule has 1 atom stereocenters. The van der Waals surface area contributed by atoms with Gasteiger partial charge in [-0.15, -0.1) is 0 Å². The van der Waals surface area contributed by atoms with Gasteiger partial charge in [0.15, 0.2) is 11.2 Å². The molecule has 154 valence electrons. The number of aromatic nitrogens is 4. The first-order chi connectivity index (χ1) is 14.0. The van der Waals surface area contributed by atoms with Gasteiger partial charge in [0.05, 0.1) is 18.6 Å². The number of hydrogen-bond acceptors (Lipinski definition) is 6. The molecule has 1 aliphatic rings. The highest BCUT2D eigenvalue weighted by molar-refractivity contribution is 5.78. The highest BCUT2D eigenvalue weighted by Gasteiger charge is 2.26. The lowest BCUT2D eigenvalue weighted by molar-refractivity contribution is -0.121. The maximum absolute atomic E-state index is 12.6. The minimum atomic E-state index is -0.473. The van der Waals surface area contributed by atoms with Crippen molar-refractivity contribution in [3.63, 3.8) is 0 Å². The molecule has 1 amide bonds. The molecule has 10 heteroatoms. The SMILES string of the molecule is Cn1c(=O)c2c(ncn2CC(=O)NCC(c2ccco2)N2CCCC2)n(C)c1=O. The van der Waals surface area contributed by atoms with Gasteiger partial charge >= 0.3 is 5.69 Å². The van der Waals surface area contributed by atoms with Gasteiger partial charge < -0.3 is 14.3 Å². The molecule has 1 saturated heterocycles. The summed E-state index contributed by atoms with van der Waals surface area (Å²) in [6.07, 6.45) is 5.32. The van der Waals surface area contributed by atoms with Gasteiger partial charge in [-0.25, -0.2) is 9.78 Å². The van der Waals surface area contributed by atoms with Crippen LogP contribution in [0.3, 0.4) is 0 Å². The van der Waals surface area contributed by atoms with E-state index in [4.69, 9.17) is 4.42 Å². The van der Waals surface area contributed by atoms with Crippen LogP contribution in [0.15, 0.2) is 38.7 Å². The third kappa shape index (κ3) is 3.51. The number of rotatable bonds is 6. The molecule has 0 bridgehead atoms. The van der Waals surface area contributed by atoms with E-state index in [1.165, 1.54) is 22.5 Å². The van der Waals surface area contributed by atoms with E-state index in [0.717, 1.165) is 36.3 Å². The van der Waals surface area contributed by atoms with E-state index in [1.807, 2.05) is 12.1 Å². The number of furan rings is 1. The topological polar surface area (TPSA) is 107 Å². The summed E-state index contributed by atoms with van der Waals surface area (Å²) in [6, 6.07) is 3.74. The molecule has 1 unspecified atom stereocenters. The zero-order valence-corrected chi connectivity index (χ0v) is 16.5. The molecule has 1 fully saturated rings. The standard InChI is InChI=1S/C19H24N6O4/c1-22-17-16(18(27)23(2)19(22)28)25(12-21-17)11-15(26)20-10-13(14-6-5-9-29-14)24-7-3-4-8-24/h5-6,9,12-13H,3-4,7-8,10-11H2,1-2H3,(H,20,26). The van der Waals surface area contributed by atoms with Crippen molar-refractivity contribution < 1.29 is 9.21 Å². The molecule has 0 aromatic carbocycles. The molecule has 0 radical (unpaired) electrons. The van der Waals surface area contributed by atoms with Crippen LogP contribution in [0.1, 0.15) is 24.6 Å². The van der Waals surface area contributed by atoms with Gasteiger partial charge in [-0.05, 0) is 38.1 Å². The third-order valence-electron chi connectivity index (χ3n) is 5.48. The predicted molar refractivity (Wildman–Crippen MR) is 105 cm³/mol. The summed E-state index contributed by atoms with van der Waals surface area (Å²) in [5.41, 5.74) is -0.439. The Morgan fingerprint density at radius 2 is 2.00 bits per heavy atom. The number of hydrogen-bond donors (Lipinski definition) is 1. The molecule has 3 aromatic heterocycles. The van der Waals surface area contributed by atoms with Crippen LogP contribution in [0.2, 0.25) is 0 Å². The molecule has 0 spiro atoms. The average molecular weight is 400 g/mol. The number of carbonyl (C=O) groups is 1. The van der Waals surface area contributed by atoms with Crippen LogP contribution in [-0.2, 0) is 25.4 Å². The van der Waals surface area contributed by atoms with Crippen molar-refractivity contribution in [2.24, 2.45) is 14.1 Å². The van der Waals surface area contributed by atoms with E-state index < -0.39 is 11.2 Å². The molecule has 0 aliphatic carbocycles. The van der Waals surface area contributed by atoms with Crippen LogP contribution in [0.25, 0.3) is 11.2 Å². The lowest BCUT2D eigenvalue weighted by Crippen LogP contribution is -2.39. The molecule has 10 nitrogen and oxygen atoms in total. The Kier molecular flexibility index (Phi) is 5.10. The zero-order chi connectivity index (χ0) is 20.5. The lowest BCUT2D eigenvalue weighted by atomic mass is 10.2. The second-order valence-electron chi connectivity index (χ2n) is 7.33. The summed E-state index contributed by atoms with van der Waals surface area (Å²) >= 11 is 0. The van der Waals surface area contributed by atoms with E-state index in [1.54, 1.807) is 13.3 Å². The van der Waals surface area contributed by atoms with Crippen LogP contribution < -0.4 is 16.6 Å². The summed E-state index contributed by atoms with van der Waals surface area (Å²) in [4.78, 5) is 43.6. The minimum Gasteiger partial charge on any atom is -0.468 e. The number of aryl methyl sites for hydroxylation is 1. The van der Waals surface area contributed by atoms with Crippen LogP contribution >= 0.6 is 0 Å². The highest BCUT2D eigenvalue weighted by atomic mass is 16.3. The normalized spacial score (nSPS) is 15.8. The fourth-order valence-electron chi connectivity index (χ4n) is 3.88. The Hall–Kier alpha value is -3.14. The molecule has 1 N–H and O–H groups in total. The highest BCUT2D eigenvalue weighted by Crippen LogP contribution is 2.24. The van der Waals surface area contributed by atoms with E-state index in [2.05, 4.69) is 15.2 Å². The van der Waals surface area contributed by atoms with Gasteiger partial charge in [0.1, 0.15) is 12.3 Å². The van der Waals surface area contributed by atoms with Crippen LogP contribution in [-0.4, -0.2) is 49.1 Å². The van der Waals surface area contributed by atoms with Crippen molar-refractivity contribution in [1.82, 2.24) is 28.9 Å². The third-order valence-corrected chi connectivity index (χ3v) is 5.48. The quantitative estimate of drug-likeness (QED) is 0.623. The molecule has 29 heavy (non-hydrogen) atoms. The predicted octanol–water partition coefficient (Wildman–Crippen LogP) is -0.0200. The van der Waals surface area contributed by atoms with Gasteiger partial charge in [0.2, 0.25) is 5.91 Å². The molecule has 4 heterocycles. The largest absolute Gasteiger partial charge is 0.468 e. The van der Waals surface area contributed by atoms with Crippen molar-refractivity contribution in [3.8, 4) is 0 Å². The van der Waals surface area contributed by atoms with Crippen molar-refractivity contribution in [1.29, 1.82) is 0 Å². The van der Waals surface area contributed by atoms with Gasteiger partial charge in [0, 0.05) is 20.6 Å². The summed E-state index contributed by atoms with van der Waals surface area (Å²) in [5, 5.41) is 2.94. The Morgan fingerprint density at radius 1 is 1.24 bits per heavy atom. The summed E-state index contributed by atoms with van der Waals surface area (Å²) in [5.74, 6) is 0.583. The number of imidazole rings is 1. The second-order valence-corrected chi connectivity index (χ2v) is 7.33. The van der Waals surface area contributed by atoms with Gasteiger partial charge in [-0.2, -0.15) is 0 Å². The molecular weight excluding hydrogens is 376 g/mol. The van der Waals surface area contributed by atoms with Gasteiger partial charge in [-0.3, -0.25) is 23.6 Å². The second kappa shape index (κ2) is 7.70. The van der Waals surface area contributed by atoms with E-state index in [-0.39, 0.29) is 29.7 Å². The molecular formula is C19H24N6O4. The Balaban J connectivity index is 1.51. The Bertz CT molecular complexity index is 1130. The Morgan fingerprint density at radius 3 is 2.69 bits per heavy atom. The summed E-state index contributed by atoms with van der Waals surface area (Å²) in [6.45, 7) is 2.29. The number of nitrogens with one attached hydrogen (secondary N) is 1. The van der Waals surface area contributed by atoms with Crippen molar-refractivity contribution in [2.45, 2.75) is 25.4 Å². The number of nitrogens with zero attached hydrogens (tertiary/aromatic N) is 5.